The first kappa shape index (κ1) is 18.0. The highest BCUT2D eigenvalue weighted by Gasteiger charge is 2.53. The molecule has 4 aromatic rings. The van der Waals surface area contributed by atoms with E-state index < -0.39 is 5.41 Å². The smallest absolute Gasteiger partial charge is 0.0991 e. The summed E-state index contributed by atoms with van der Waals surface area (Å²) < 4.78 is 0. The Hall–Kier alpha value is -3.60. The van der Waals surface area contributed by atoms with Crippen LogP contribution in [0, 0.1) is 11.3 Å². The summed E-state index contributed by atoms with van der Waals surface area (Å²) in [6.07, 6.45) is 5.09. The second kappa shape index (κ2) is 6.22. The lowest BCUT2D eigenvalue weighted by atomic mass is 9.68. The fraction of sp³-hybridized carbons (Fsp3) is 0.100. The van der Waals surface area contributed by atoms with Crippen LogP contribution in [0.15, 0.2) is 96.6 Å². The van der Waals surface area contributed by atoms with Gasteiger partial charge in [0.1, 0.15) is 0 Å². The molecule has 0 radical (unpaired) electrons. The minimum Gasteiger partial charge on any atom is -0.192 e. The molecule has 2 unspecified atom stereocenters. The van der Waals surface area contributed by atoms with E-state index in [4.69, 9.17) is 11.6 Å². The fourth-order valence-corrected chi connectivity index (χ4v) is 6.49. The molecule has 3 aliphatic carbocycles. The second-order valence-corrected chi connectivity index (χ2v) is 9.41. The first-order valence-corrected chi connectivity index (χ1v) is 11.4. The van der Waals surface area contributed by atoms with Crippen molar-refractivity contribution in [1.82, 2.24) is 0 Å². The minimum absolute atomic E-state index is 0.0351. The van der Waals surface area contributed by atoms with Gasteiger partial charge in [0.2, 0.25) is 0 Å². The van der Waals surface area contributed by atoms with Crippen LogP contribution in [0.1, 0.15) is 34.2 Å². The SMILES string of the molecule is N#Cc1ccc2c(c1)C1(C3=C2C=CC(Cl)C3)c2ccccc2-c2c1ccc1ccccc21. The van der Waals surface area contributed by atoms with Crippen molar-refractivity contribution in [1.29, 1.82) is 5.26 Å². The van der Waals surface area contributed by atoms with Crippen molar-refractivity contribution in [3.63, 3.8) is 0 Å². The Balaban J connectivity index is 1.71. The molecule has 1 nitrogen and oxygen atoms in total. The van der Waals surface area contributed by atoms with Crippen LogP contribution in [0.3, 0.4) is 0 Å². The molecule has 0 bridgehead atoms. The molecule has 0 aromatic heterocycles. The minimum atomic E-state index is -0.411. The van der Waals surface area contributed by atoms with Crippen LogP contribution in [0.5, 0.6) is 0 Å². The van der Waals surface area contributed by atoms with Gasteiger partial charge in [-0.3, -0.25) is 0 Å². The van der Waals surface area contributed by atoms with E-state index in [-0.39, 0.29) is 5.38 Å². The topological polar surface area (TPSA) is 23.8 Å². The number of hydrogen-bond acceptors (Lipinski definition) is 1. The maximum Gasteiger partial charge on any atom is 0.0991 e. The zero-order valence-corrected chi connectivity index (χ0v) is 18.0. The molecule has 1 spiro atoms. The van der Waals surface area contributed by atoms with Crippen molar-refractivity contribution in [2.75, 3.05) is 0 Å². The second-order valence-electron chi connectivity index (χ2n) is 8.85. The summed E-state index contributed by atoms with van der Waals surface area (Å²) in [6.45, 7) is 0. The number of nitriles is 1. The number of alkyl halides is 1. The van der Waals surface area contributed by atoms with Crippen LogP contribution in [-0.2, 0) is 5.41 Å². The van der Waals surface area contributed by atoms with E-state index in [1.165, 1.54) is 55.3 Å². The van der Waals surface area contributed by atoms with E-state index in [9.17, 15) is 5.26 Å². The number of fused-ring (bicyclic) bond motifs is 11. The van der Waals surface area contributed by atoms with Gasteiger partial charge in [-0.25, -0.2) is 0 Å². The molecule has 0 N–H and O–H groups in total. The maximum absolute atomic E-state index is 9.73. The van der Waals surface area contributed by atoms with Crippen molar-refractivity contribution >= 4 is 27.9 Å². The number of allylic oxidation sites excluding steroid dienone is 4. The molecule has 0 aliphatic heterocycles. The molecule has 0 amide bonds. The molecule has 150 valence electrons. The lowest BCUT2D eigenvalue weighted by Crippen LogP contribution is -2.29. The highest BCUT2D eigenvalue weighted by atomic mass is 35.5. The standard InChI is InChI=1S/C30H18ClN/c31-20-11-13-23-22-12-9-18(17-32)15-27(22)30(28(23)16-20)25-8-4-3-7-24(25)29-21-6-2-1-5-19(21)10-14-26(29)30/h1-15,20H,16H2. The lowest BCUT2D eigenvalue weighted by Gasteiger charge is -2.34. The Labute approximate surface area is 191 Å². The van der Waals surface area contributed by atoms with Crippen LogP contribution in [0.4, 0.5) is 0 Å². The monoisotopic (exact) mass is 427 g/mol. The number of hydrogen-bond donors (Lipinski definition) is 0. The van der Waals surface area contributed by atoms with Crippen LogP contribution in [-0.4, -0.2) is 5.38 Å². The summed E-state index contributed by atoms with van der Waals surface area (Å²) in [5.74, 6) is 0. The predicted molar refractivity (Wildman–Crippen MR) is 131 cm³/mol. The van der Waals surface area contributed by atoms with Crippen LogP contribution in [0.2, 0.25) is 0 Å². The first-order chi connectivity index (χ1) is 15.7. The van der Waals surface area contributed by atoms with Gasteiger partial charge in [0.05, 0.1) is 22.4 Å². The summed E-state index contributed by atoms with van der Waals surface area (Å²) in [6, 6.07) is 30.5. The zero-order chi connectivity index (χ0) is 21.4. The molecule has 0 saturated heterocycles. The Morgan fingerprint density at radius 2 is 1.69 bits per heavy atom. The van der Waals surface area contributed by atoms with Crippen molar-refractivity contribution < 1.29 is 0 Å². The average molecular weight is 428 g/mol. The fourth-order valence-electron chi connectivity index (χ4n) is 6.27. The molecule has 7 rings (SSSR count). The van der Waals surface area contributed by atoms with Gasteiger partial charge in [-0.1, -0.05) is 78.9 Å². The van der Waals surface area contributed by atoms with Crippen molar-refractivity contribution in [3.05, 3.63) is 124 Å². The van der Waals surface area contributed by atoms with Gasteiger partial charge in [0.25, 0.3) is 0 Å². The van der Waals surface area contributed by atoms with Gasteiger partial charge < -0.3 is 0 Å². The number of benzene rings is 4. The average Bonchev–Trinajstić information content (AvgIpc) is 3.30. The molecule has 0 heterocycles. The Morgan fingerprint density at radius 1 is 0.844 bits per heavy atom. The normalized spacial score (nSPS) is 21.9. The van der Waals surface area contributed by atoms with Crippen molar-refractivity contribution in [2.24, 2.45) is 0 Å². The summed E-state index contributed by atoms with van der Waals surface area (Å²) in [7, 11) is 0. The van der Waals surface area contributed by atoms with Gasteiger partial charge in [-0.05, 0) is 73.9 Å². The van der Waals surface area contributed by atoms with Crippen molar-refractivity contribution in [2.45, 2.75) is 17.2 Å². The third-order valence-electron chi connectivity index (χ3n) is 7.42. The predicted octanol–water partition coefficient (Wildman–Crippen LogP) is 7.36. The van der Waals surface area contributed by atoms with Crippen molar-refractivity contribution in [3.8, 4) is 17.2 Å². The summed E-state index contributed by atoms with van der Waals surface area (Å²) >= 11 is 6.72. The van der Waals surface area contributed by atoms with Crippen LogP contribution < -0.4 is 0 Å². The van der Waals surface area contributed by atoms with Crippen LogP contribution in [0.25, 0.3) is 27.5 Å². The summed E-state index contributed by atoms with van der Waals surface area (Å²) in [5.41, 5.74) is 10.5. The highest BCUT2D eigenvalue weighted by Crippen LogP contribution is 2.64. The van der Waals surface area contributed by atoms with E-state index in [0.717, 1.165) is 6.42 Å². The Morgan fingerprint density at radius 3 is 2.59 bits per heavy atom. The van der Waals surface area contributed by atoms with E-state index in [2.05, 4.69) is 91.0 Å². The molecule has 0 fully saturated rings. The molecule has 4 aromatic carbocycles. The van der Waals surface area contributed by atoms with E-state index in [1.807, 2.05) is 6.07 Å². The van der Waals surface area contributed by atoms with E-state index in [1.54, 1.807) is 0 Å². The molecular formula is C30H18ClN. The Bertz CT molecular complexity index is 1580. The number of halogens is 1. The summed E-state index contributed by atoms with van der Waals surface area (Å²) in [5, 5.41) is 12.2. The Kier molecular flexibility index (Phi) is 3.50. The van der Waals surface area contributed by atoms with Gasteiger partial charge in [0, 0.05) is 0 Å². The maximum atomic E-state index is 9.73. The molecule has 0 saturated carbocycles. The van der Waals surface area contributed by atoms with Gasteiger partial charge >= 0.3 is 0 Å². The first-order valence-electron chi connectivity index (χ1n) is 11.0. The van der Waals surface area contributed by atoms with E-state index in [0.29, 0.717) is 5.56 Å². The molecule has 2 atom stereocenters. The van der Waals surface area contributed by atoms with Gasteiger partial charge in [-0.15, -0.1) is 11.6 Å². The van der Waals surface area contributed by atoms with E-state index >= 15 is 0 Å². The molecular weight excluding hydrogens is 410 g/mol. The zero-order valence-electron chi connectivity index (χ0n) is 17.3. The molecule has 2 heteroatoms. The largest absolute Gasteiger partial charge is 0.192 e. The molecule has 3 aliphatic rings. The number of rotatable bonds is 0. The molecule has 32 heavy (non-hydrogen) atoms. The van der Waals surface area contributed by atoms with Crippen LogP contribution >= 0.6 is 11.6 Å². The number of nitrogens with zero attached hydrogens (tertiary/aromatic N) is 1. The third kappa shape index (κ3) is 2.04. The third-order valence-corrected chi connectivity index (χ3v) is 7.72. The van der Waals surface area contributed by atoms with Gasteiger partial charge in [0.15, 0.2) is 0 Å². The highest BCUT2D eigenvalue weighted by molar-refractivity contribution is 6.22. The summed E-state index contributed by atoms with van der Waals surface area (Å²) in [4.78, 5) is 0. The van der Waals surface area contributed by atoms with Gasteiger partial charge in [-0.2, -0.15) is 5.26 Å². The quantitative estimate of drug-likeness (QED) is 0.269. The lowest BCUT2D eigenvalue weighted by molar-refractivity contribution is 0.716.